The fourth-order valence-electron chi connectivity index (χ4n) is 2.00. The van der Waals surface area contributed by atoms with Crippen molar-refractivity contribution in [2.45, 2.75) is 40.8 Å². The second kappa shape index (κ2) is 6.29. The van der Waals surface area contributed by atoms with Crippen molar-refractivity contribution in [1.82, 2.24) is 19.7 Å². The van der Waals surface area contributed by atoms with Gasteiger partial charge in [-0.2, -0.15) is 5.10 Å². The summed E-state index contributed by atoms with van der Waals surface area (Å²) >= 11 is 0. The first kappa shape index (κ1) is 15.1. The molecule has 0 bridgehead atoms. The van der Waals surface area contributed by atoms with E-state index in [1.807, 2.05) is 4.68 Å². The Hall–Kier alpha value is -0.940. The average Bonchev–Trinajstić information content (AvgIpc) is 2.64. The van der Waals surface area contributed by atoms with Gasteiger partial charge in [-0.3, -0.25) is 4.90 Å². The van der Waals surface area contributed by atoms with Crippen molar-refractivity contribution in [3.63, 3.8) is 0 Å². The lowest BCUT2D eigenvalue weighted by Crippen LogP contribution is -2.37. The van der Waals surface area contributed by atoms with Crippen LogP contribution in [0.1, 0.15) is 33.5 Å². The Bertz CT molecular complexity index is 356. The van der Waals surface area contributed by atoms with E-state index < -0.39 is 0 Å². The van der Waals surface area contributed by atoms with Crippen molar-refractivity contribution in [1.29, 1.82) is 0 Å². The zero-order valence-electron chi connectivity index (χ0n) is 12.3. The average molecular weight is 253 g/mol. The Morgan fingerprint density at radius 2 is 2.11 bits per heavy atom. The molecule has 0 radical (unpaired) electrons. The van der Waals surface area contributed by atoms with Crippen molar-refractivity contribution in [3.8, 4) is 0 Å². The van der Waals surface area contributed by atoms with Gasteiger partial charge < -0.3 is 5.73 Å². The van der Waals surface area contributed by atoms with Gasteiger partial charge in [-0.25, -0.2) is 9.67 Å². The van der Waals surface area contributed by atoms with E-state index in [0.29, 0.717) is 12.5 Å². The van der Waals surface area contributed by atoms with Gasteiger partial charge in [0.15, 0.2) is 0 Å². The molecule has 1 aromatic rings. The summed E-state index contributed by atoms with van der Waals surface area (Å²) < 4.78 is 2.00. The number of nitrogens with zero attached hydrogens (tertiary/aromatic N) is 4. The van der Waals surface area contributed by atoms with Gasteiger partial charge in [0, 0.05) is 13.1 Å². The highest BCUT2D eigenvalue weighted by Crippen LogP contribution is 2.15. The number of hydrogen-bond donors (Lipinski definition) is 1. The molecule has 1 rings (SSSR count). The highest BCUT2D eigenvalue weighted by molar-refractivity contribution is 4.86. The third kappa shape index (κ3) is 4.74. The van der Waals surface area contributed by atoms with Crippen LogP contribution in [0.15, 0.2) is 6.33 Å². The zero-order chi connectivity index (χ0) is 13.8. The van der Waals surface area contributed by atoms with E-state index >= 15 is 0 Å². The molecule has 0 spiro atoms. The van der Waals surface area contributed by atoms with Crippen molar-refractivity contribution in [2.24, 2.45) is 17.1 Å². The Morgan fingerprint density at radius 1 is 1.44 bits per heavy atom. The van der Waals surface area contributed by atoms with E-state index in [4.69, 9.17) is 5.73 Å². The van der Waals surface area contributed by atoms with Gasteiger partial charge >= 0.3 is 0 Å². The van der Waals surface area contributed by atoms with Gasteiger partial charge in [0.25, 0.3) is 0 Å². The second-order valence-corrected chi connectivity index (χ2v) is 6.29. The summed E-state index contributed by atoms with van der Waals surface area (Å²) in [7, 11) is 2.10. The minimum absolute atomic E-state index is 0.137. The SMILES string of the molecule is CC(C)Cn1ncnc1CN(C)CC(C)(C)CN. The lowest BCUT2D eigenvalue weighted by molar-refractivity contribution is 0.202. The van der Waals surface area contributed by atoms with Gasteiger partial charge in [0.1, 0.15) is 12.2 Å². The fraction of sp³-hybridized carbons (Fsp3) is 0.846. The molecular weight excluding hydrogens is 226 g/mol. The maximum absolute atomic E-state index is 5.76. The summed E-state index contributed by atoms with van der Waals surface area (Å²) in [4.78, 5) is 6.60. The molecule has 5 heteroatoms. The minimum atomic E-state index is 0.137. The lowest BCUT2D eigenvalue weighted by Gasteiger charge is -2.28. The first-order valence-electron chi connectivity index (χ1n) is 6.59. The van der Waals surface area contributed by atoms with E-state index in [0.717, 1.165) is 25.5 Å². The number of hydrogen-bond acceptors (Lipinski definition) is 4. The molecule has 0 amide bonds. The highest BCUT2D eigenvalue weighted by atomic mass is 15.3. The predicted octanol–water partition coefficient (Wildman–Crippen LogP) is 1.35. The summed E-state index contributed by atoms with van der Waals surface area (Å²) in [6, 6.07) is 0. The van der Waals surface area contributed by atoms with Gasteiger partial charge in [-0.15, -0.1) is 0 Å². The highest BCUT2D eigenvalue weighted by Gasteiger charge is 2.19. The first-order chi connectivity index (χ1) is 8.34. The zero-order valence-corrected chi connectivity index (χ0v) is 12.3. The number of rotatable bonds is 7. The quantitative estimate of drug-likeness (QED) is 0.797. The third-order valence-corrected chi connectivity index (χ3v) is 2.90. The molecule has 0 aliphatic carbocycles. The molecule has 0 aromatic carbocycles. The second-order valence-electron chi connectivity index (χ2n) is 6.29. The monoisotopic (exact) mass is 253 g/mol. The summed E-state index contributed by atoms with van der Waals surface area (Å²) in [6.45, 7) is 12.1. The molecule has 1 aromatic heterocycles. The van der Waals surface area contributed by atoms with Crippen LogP contribution in [0.3, 0.4) is 0 Å². The molecule has 0 aliphatic heterocycles. The molecule has 5 nitrogen and oxygen atoms in total. The normalized spacial score (nSPS) is 12.7. The van der Waals surface area contributed by atoms with Crippen molar-refractivity contribution >= 4 is 0 Å². The molecule has 2 N–H and O–H groups in total. The molecule has 0 atom stereocenters. The van der Waals surface area contributed by atoms with Crippen LogP contribution in [0, 0.1) is 11.3 Å². The standard InChI is InChI=1S/C13H27N5/c1-11(2)6-18-12(15-10-16-18)7-17(5)9-13(3,4)8-14/h10-11H,6-9,14H2,1-5H3. The van der Waals surface area contributed by atoms with E-state index in [1.165, 1.54) is 0 Å². The molecule has 104 valence electrons. The smallest absolute Gasteiger partial charge is 0.141 e. The molecule has 1 heterocycles. The first-order valence-corrected chi connectivity index (χ1v) is 6.59. The summed E-state index contributed by atoms with van der Waals surface area (Å²) in [5, 5.41) is 4.28. The minimum Gasteiger partial charge on any atom is -0.330 e. The van der Waals surface area contributed by atoms with Crippen LogP contribution in [0.25, 0.3) is 0 Å². The third-order valence-electron chi connectivity index (χ3n) is 2.90. The lowest BCUT2D eigenvalue weighted by atomic mass is 9.93. The van der Waals surface area contributed by atoms with Crippen LogP contribution in [-0.4, -0.2) is 39.8 Å². The Morgan fingerprint density at radius 3 is 2.67 bits per heavy atom. The van der Waals surface area contributed by atoms with Gasteiger partial charge in [0.05, 0.1) is 6.54 Å². The predicted molar refractivity (Wildman–Crippen MR) is 74.0 cm³/mol. The number of aromatic nitrogens is 3. The molecule has 18 heavy (non-hydrogen) atoms. The molecule has 0 saturated heterocycles. The molecule has 0 saturated carbocycles. The van der Waals surface area contributed by atoms with E-state index in [2.05, 4.69) is 49.7 Å². The van der Waals surface area contributed by atoms with Crippen molar-refractivity contribution < 1.29 is 0 Å². The molecule has 0 fully saturated rings. The van der Waals surface area contributed by atoms with Gasteiger partial charge in [-0.05, 0) is 24.9 Å². The summed E-state index contributed by atoms with van der Waals surface area (Å²) in [5.41, 5.74) is 5.90. The molecule has 0 aliphatic rings. The Labute approximate surface area is 110 Å². The molecular formula is C13H27N5. The van der Waals surface area contributed by atoms with E-state index in [1.54, 1.807) is 6.33 Å². The largest absolute Gasteiger partial charge is 0.330 e. The summed E-state index contributed by atoms with van der Waals surface area (Å²) in [6.07, 6.45) is 1.64. The van der Waals surface area contributed by atoms with Gasteiger partial charge in [-0.1, -0.05) is 27.7 Å². The van der Waals surface area contributed by atoms with Gasteiger partial charge in [0.2, 0.25) is 0 Å². The Kier molecular flexibility index (Phi) is 5.28. The van der Waals surface area contributed by atoms with E-state index in [9.17, 15) is 0 Å². The fourth-order valence-corrected chi connectivity index (χ4v) is 2.00. The van der Waals surface area contributed by atoms with E-state index in [-0.39, 0.29) is 5.41 Å². The maximum atomic E-state index is 5.76. The Balaban J connectivity index is 2.59. The van der Waals surface area contributed by atoms with Crippen LogP contribution in [0.2, 0.25) is 0 Å². The van der Waals surface area contributed by atoms with Crippen LogP contribution in [0.4, 0.5) is 0 Å². The molecule has 0 unspecified atom stereocenters. The van der Waals surface area contributed by atoms with Crippen LogP contribution in [0.5, 0.6) is 0 Å². The topological polar surface area (TPSA) is 60.0 Å². The van der Waals surface area contributed by atoms with Crippen molar-refractivity contribution in [2.75, 3.05) is 20.1 Å². The van der Waals surface area contributed by atoms with Crippen LogP contribution >= 0.6 is 0 Å². The van der Waals surface area contributed by atoms with Crippen LogP contribution in [-0.2, 0) is 13.1 Å². The maximum Gasteiger partial charge on any atom is 0.141 e. The van der Waals surface area contributed by atoms with Crippen LogP contribution < -0.4 is 5.73 Å². The number of nitrogens with two attached hydrogens (primary N) is 1. The summed E-state index contributed by atoms with van der Waals surface area (Å²) in [5.74, 6) is 1.61. The van der Waals surface area contributed by atoms with Crippen molar-refractivity contribution in [3.05, 3.63) is 12.2 Å².